The number of halogens is 2. The molecule has 2 amide bonds. The molecule has 0 bridgehead atoms. The van der Waals surface area contributed by atoms with Gasteiger partial charge in [-0.2, -0.15) is 0 Å². The number of amides is 2. The van der Waals surface area contributed by atoms with Crippen molar-refractivity contribution in [3.63, 3.8) is 0 Å². The predicted octanol–water partition coefficient (Wildman–Crippen LogP) is 1.27. The third-order valence-electron chi connectivity index (χ3n) is 3.54. The summed E-state index contributed by atoms with van der Waals surface area (Å²) < 4.78 is 4.95. The Morgan fingerprint density at radius 3 is 2.78 bits per heavy atom. The van der Waals surface area contributed by atoms with Crippen LogP contribution in [0.25, 0.3) is 0 Å². The van der Waals surface area contributed by atoms with Crippen molar-refractivity contribution in [3.05, 3.63) is 28.0 Å². The molecular weight excluding hydrogens is 345 g/mol. The highest BCUT2D eigenvalue weighted by Crippen LogP contribution is 2.20. The van der Waals surface area contributed by atoms with Gasteiger partial charge < -0.3 is 15.4 Å². The van der Waals surface area contributed by atoms with Crippen LogP contribution in [0.3, 0.4) is 0 Å². The summed E-state index contributed by atoms with van der Waals surface area (Å²) in [6.07, 6.45) is 2.56. The standard InChI is InChI=1S/C14H15Cl2N3O4/c15-10-4-9(5-18-12(10)16)14(22)23-7-11(20)19-3-1-2-8(6-19)13(17)21/h4-5,8H,1-3,6-7H2,(H2,17,21)/t8-/m0/s1. The minimum absolute atomic E-state index is 0.0742. The summed E-state index contributed by atoms with van der Waals surface area (Å²) in [4.78, 5) is 40.3. The molecule has 2 rings (SSSR count). The summed E-state index contributed by atoms with van der Waals surface area (Å²) in [7, 11) is 0. The first-order valence-corrected chi connectivity index (χ1v) is 7.69. The van der Waals surface area contributed by atoms with Crippen LogP contribution in [0.4, 0.5) is 0 Å². The van der Waals surface area contributed by atoms with Gasteiger partial charge in [-0.1, -0.05) is 23.2 Å². The highest BCUT2D eigenvalue weighted by atomic mass is 35.5. The van der Waals surface area contributed by atoms with Gasteiger partial charge in [-0.25, -0.2) is 9.78 Å². The molecule has 9 heteroatoms. The molecule has 1 saturated heterocycles. The number of aromatic nitrogens is 1. The maximum Gasteiger partial charge on any atom is 0.340 e. The van der Waals surface area contributed by atoms with Crippen LogP contribution in [-0.2, 0) is 14.3 Å². The van der Waals surface area contributed by atoms with Crippen LogP contribution in [0.2, 0.25) is 10.2 Å². The molecule has 1 atom stereocenters. The average molecular weight is 360 g/mol. The van der Waals surface area contributed by atoms with Gasteiger partial charge in [-0.15, -0.1) is 0 Å². The highest BCUT2D eigenvalue weighted by Gasteiger charge is 2.27. The van der Waals surface area contributed by atoms with Crippen LogP contribution < -0.4 is 5.73 Å². The van der Waals surface area contributed by atoms with E-state index >= 15 is 0 Å². The number of carbonyl (C=O) groups is 3. The monoisotopic (exact) mass is 359 g/mol. The number of hydrogen-bond donors (Lipinski definition) is 1. The number of ether oxygens (including phenoxy) is 1. The van der Waals surface area contributed by atoms with Gasteiger partial charge in [-0.05, 0) is 18.9 Å². The molecule has 0 spiro atoms. The quantitative estimate of drug-likeness (QED) is 0.643. The minimum atomic E-state index is -0.729. The van der Waals surface area contributed by atoms with Crippen LogP contribution in [0, 0.1) is 5.92 Å². The van der Waals surface area contributed by atoms with Gasteiger partial charge in [0.15, 0.2) is 6.61 Å². The van der Waals surface area contributed by atoms with E-state index in [1.54, 1.807) is 0 Å². The van der Waals surface area contributed by atoms with Crippen molar-refractivity contribution >= 4 is 41.0 Å². The van der Waals surface area contributed by atoms with E-state index in [1.165, 1.54) is 17.2 Å². The molecule has 0 aromatic carbocycles. The molecule has 0 aliphatic carbocycles. The Labute approximate surface area is 142 Å². The Bertz CT molecular complexity index is 638. The number of hydrogen-bond acceptors (Lipinski definition) is 5. The molecule has 0 saturated carbocycles. The first kappa shape index (κ1) is 17.5. The average Bonchev–Trinajstić information content (AvgIpc) is 2.54. The second-order valence-corrected chi connectivity index (χ2v) is 5.92. The number of piperidine rings is 1. The van der Waals surface area contributed by atoms with Crippen molar-refractivity contribution in [2.45, 2.75) is 12.8 Å². The summed E-state index contributed by atoms with van der Waals surface area (Å²) in [5.41, 5.74) is 5.36. The van der Waals surface area contributed by atoms with Gasteiger partial charge in [0.2, 0.25) is 5.91 Å². The Kier molecular flexibility index (Phi) is 5.79. The number of rotatable bonds is 4. The summed E-state index contributed by atoms with van der Waals surface area (Å²) in [6, 6.07) is 1.31. The lowest BCUT2D eigenvalue weighted by molar-refractivity contribution is -0.137. The number of carbonyl (C=O) groups excluding carboxylic acids is 3. The van der Waals surface area contributed by atoms with Gasteiger partial charge in [0.05, 0.1) is 16.5 Å². The molecule has 7 nitrogen and oxygen atoms in total. The van der Waals surface area contributed by atoms with Crippen molar-refractivity contribution in [2.24, 2.45) is 11.7 Å². The zero-order valence-electron chi connectivity index (χ0n) is 12.1. The Balaban J connectivity index is 1.89. The van der Waals surface area contributed by atoms with E-state index in [0.29, 0.717) is 19.4 Å². The van der Waals surface area contributed by atoms with Gasteiger partial charge in [0, 0.05) is 19.3 Å². The lowest BCUT2D eigenvalue weighted by atomic mass is 9.97. The van der Waals surface area contributed by atoms with Crippen LogP contribution in [0.15, 0.2) is 12.3 Å². The fourth-order valence-electron chi connectivity index (χ4n) is 2.27. The number of likely N-dealkylation sites (tertiary alicyclic amines) is 1. The van der Waals surface area contributed by atoms with E-state index in [2.05, 4.69) is 4.98 Å². The lowest BCUT2D eigenvalue weighted by Crippen LogP contribution is -2.45. The van der Waals surface area contributed by atoms with Crippen molar-refractivity contribution in [1.82, 2.24) is 9.88 Å². The van der Waals surface area contributed by atoms with Crippen molar-refractivity contribution in [1.29, 1.82) is 0 Å². The zero-order chi connectivity index (χ0) is 17.0. The van der Waals surface area contributed by atoms with E-state index in [9.17, 15) is 14.4 Å². The third-order valence-corrected chi connectivity index (χ3v) is 4.22. The fraction of sp³-hybridized carbons (Fsp3) is 0.429. The molecule has 1 aromatic rings. The van der Waals surface area contributed by atoms with Crippen LogP contribution in [-0.4, -0.2) is 47.4 Å². The molecule has 1 aromatic heterocycles. The van der Waals surface area contributed by atoms with E-state index < -0.39 is 18.5 Å². The molecule has 0 radical (unpaired) electrons. The Morgan fingerprint density at radius 2 is 2.13 bits per heavy atom. The maximum absolute atomic E-state index is 12.1. The first-order chi connectivity index (χ1) is 10.9. The molecule has 1 fully saturated rings. The molecule has 23 heavy (non-hydrogen) atoms. The minimum Gasteiger partial charge on any atom is -0.452 e. The zero-order valence-corrected chi connectivity index (χ0v) is 13.6. The predicted molar refractivity (Wildman–Crippen MR) is 83.0 cm³/mol. The normalized spacial score (nSPS) is 17.7. The maximum atomic E-state index is 12.1. The van der Waals surface area contributed by atoms with Gasteiger partial charge in [0.1, 0.15) is 5.15 Å². The van der Waals surface area contributed by atoms with Crippen LogP contribution in [0.5, 0.6) is 0 Å². The molecule has 1 aliphatic rings. The molecule has 0 unspecified atom stereocenters. The molecule has 124 valence electrons. The van der Waals surface area contributed by atoms with E-state index in [4.69, 9.17) is 33.7 Å². The van der Waals surface area contributed by atoms with Gasteiger partial charge >= 0.3 is 5.97 Å². The number of nitrogens with zero attached hydrogens (tertiary/aromatic N) is 2. The summed E-state index contributed by atoms with van der Waals surface area (Å²) in [5, 5.41) is 0.192. The fourth-order valence-corrected chi connectivity index (χ4v) is 2.54. The first-order valence-electron chi connectivity index (χ1n) is 6.93. The molecular formula is C14H15Cl2N3O4. The van der Waals surface area contributed by atoms with E-state index in [0.717, 1.165) is 0 Å². The summed E-state index contributed by atoms with van der Waals surface area (Å²) >= 11 is 11.4. The molecule has 2 N–H and O–H groups in total. The number of primary amides is 1. The largest absolute Gasteiger partial charge is 0.452 e. The lowest BCUT2D eigenvalue weighted by Gasteiger charge is -2.31. The number of nitrogens with two attached hydrogens (primary N) is 1. The van der Waals surface area contributed by atoms with Crippen LogP contribution in [0.1, 0.15) is 23.2 Å². The van der Waals surface area contributed by atoms with Crippen molar-refractivity contribution < 1.29 is 19.1 Å². The van der Waals surface area contributed by atoms with Gasteiger partial charge in [0.25, 0.3) is 5.91 Å². The second-order valence-electron chi connectivity index (χ2n) is 5.15. The third kappa shape index (κ3) is 4.56. The summed E-state index contributed by atoms with van der Waals surface area (Å²) in [6.45, 7) is 0.332. The Hall–Kier alpha value is -1.86. The number of esters is 1. The van der Waals surface area contributed by atoms with E-state index in [-0.39, 0.29) is 34.1 Å². The van der Waals surface area contributed by atoms with Crippen molar-refractivity contribution in [2.75, 3.05) is 19.7 Å². The smallest absolute Gasteiger partial charge is 0.340 e. The molecule has 2 heterocycles. The Morgan fingerprint density at radius 1 is 1.39 bits per heavy atom. The van der Waals surface area contributed by atoms with E-state index in [1.807, 2.05) is 0 Å². The second kappa shape index (κ2) is 7.61. The van der Waals surface area contributed by atoms with Crippen molar-refractivity contribution in [3.8, 4) is 0 Å². The highest BCUT2D eigenvalue weighted by molar-refractivity contribution is 6.41. The number of pyridine rings is 1. The van der Waals surface area contributed by atoms with Gasteiger partial charge in [-0.3, -0.25) is 9.59 Å². The molecule has 1 aliphatic heterocycles. The summed E-state index contributed by atoms with van der Waals surface area (Å²) in [5.74, 6) is -1.89. The van der Waals surface area contributed by atoms with Crippen LogP contribution >= 0.6 is 23.2 Å². The SMILES string of the molecule is NC(=O)[C@H]1CCCN(C(=O)COC(=O)c2cnc(Cl)c(Cl)c2)C1. The topological polar surface area (TPSA) is 103 Å².